The highest BCUT2D eigenvalue weighted by Crippen LogP contribution is 2.33. The smallest absolute Gasteiger partial charge is 0.320 e. The molecule has 2 atom stereocenters. The van der Waals surface area contributed by atoms with E-state index < -0.39 is 24.5 Å². The number of hydrogen-bond donors (Lipinski definition) is 1. The van der Waals surface area contributed by atoms with Crippen LogP contribution < -0.4 is 0 Å². The zero-order chi connectivity index (χ0) is 16.2. The van der Waals surface area contributed by atoms with Gasteiger partial charge in [-0.2, -0.15) is 0 Å². The lowest BCUT2D eigenvalue weighted by molar-refractivity contribution is -0.154. The first-order valence-electron chi connectivity index (χ1n) is 7.33. The molecule has 4 nitrogen and oxygen atoms in total. The Labute approximate surface area is 128 Å². The molecule has 1 aliphatic rings. The number of carbonyl (C=O) groups excluding carboxylic acids is 1. The number of piperidine rings is 1. The van der Waals surface area contributed by atoms with Crippen LogP contribution in [0.4, 0.5) is 8.78 Å². The zero-order valence-electron chi connectivity index (χ0n) is 12.5. The van der Waals surface area contributed by atoms with Crippen LogP contribution in [0.15, 0.2) is 30.3 Å². The minimum absolute atomic E-state index is 0.114. The SMILES string of the molecule is C[C@@H]1CC(F)(F)CN(CC(=O)OCc2ccccc2)[C@@H]1CO. The number of halogens is 2. The highest BCUT2D eigenvalue weighted by molar-refractivity contribution is 5.71. The number of nitrogens with zero attached hydrogens (tertiary/aromatic N) is 1. The third-order valence-corrected chi connectivity index (χ3v) is 3.94. The second-order valence-corrected chi connectivity index (χ2v) is 5.84. The number of alkyl halides is 2. The van der Waals surface area contributed by atoms with Crippen molar-refractivity contribution in [2.24, 2.45) is 5.92 Å². The van der Waals surface area contributed by atoms with Crippen LogP contribution in [0.5, 0.6) is 0 Å². The monoisotopic (exact) mass is 313 g/mol. The number of aliphatic hydroxyl groups excluding tert-OH is 1. The van der Waals surface area contributed by atoms with E-state index in [1.807, 2.05) is 30.3 Å². The maximum atomic E-state index is 13.6. The molecule has 0 spiro atoms. The van der Waals surface area contributed by atoms with Crippen LogP contribution in [0.1, 0.15) is 18.9 Å². The molecular weight excluding hydrogens is 292 g/mol. The summed E-state index contributed by atoms with van der Waals surface area (Å²) in [7, 11) is 0. The topological polar surface area (TPSA) is 49.8 Å². The van der Waals surface area contributed by atoms with Gasteiger partial charge in [-0.15, -0.1) is 0 Å². The van der Waals surface area contributed by atoms with Crippen molar-refractivity contribution in [2.45, 2.75) is 31.9 Å². The first-order valence-corrected chi connectivity index (χ1v) is 7.33. The number of benzene rings is 1. The minimum Gasteiger partial charge on any atom is -0.460 e. The summed E-state index contributed by atoms with van der Waals surface area (Å²) in [6, 6.07) is 8.72. The third-order valence-electron chi connectivity index (χ3n) is 3.94. The molecule has 6 heteroatoms. The fourth-order valence-electron chi connectivity index (χ4n) is 2.86. The third kappa shape index (κ3) is 4.48. The summed E-state index contributed by atoms with van der Waals surface area (Å²) in [6.45, 7) is 0.768. The summed E-state index contributed by atoms with van der Waals surface area (Å²) in [6.07, 6.45) is -0.270. The Morgan fingerprint density at radius 3 is 2.73 bits per heavy atom. The van der Waals surface area contributed by atoms with Gasteiger partial charge in [0.05, 0.1) is 19.7 Å². The summed E-state index contributed by atoms with van der Waals surface area (Å²) in [4.78, 5) is 13.2. The van der Waals surface area contributed by atoms with Gasteiger partial charge in [0.25, 0.3) is 5.92 Å². The van der Waals surface area contributed by atoms with Crippen molar-refractivity contribution in [3.63, 3.8) is 0 Å². The molecule has 0 aliphatic carbocycles. The summed E-state index contributed by atoms with van der Waals surface area (Å²) < 4.78 is 32.4. The molecule has 0 aromatic heterocycles. The molecule has 1 aliphatic heterocycles. The summed E-state index contributed by atoms with van der Waals surface area (Å²) in [5.74, 6) is -3.78. The quantitative estimate of drug-likeness (QED) is 0.846. The summed E-state index contributed by atoms with van der Waals surface area (Å²) in [5.41, 5.74) is 0.840. The normalized spacial score (nSPS) is 24.9. The van der Waals surface area contributed by atoms with Gasteiger partial charge in [0.2, 0.25) is 0 Å². The Balaban J connectivity index is 1.91. The molecule has 122 valence electrons. The van der Waals surface area contributed by atoms with E-state index in [9.17, 15) is 18.7 Å². The Bertz CT molecular complexity index is 495. The van der Waals surface area contributed by atoms with Crippen molar-refractivity contribution in [1.82, 2.24) is 4.90 Å². The fourth-order valence-corrected chi connectivity index (χ4v) is 2.86. The maximum Gasteiger partial charge on any atom is 0.320 e. The standard InChI is InChI=1S/C16H21F2NO3/c1-12-7-16(17,18)11-19(14(12)9-20)8-15(21)22-10-13-5-3-2-4-6-13/h2-6,12,14,20H,7-11H2,1H3/t12-,14-/m1/s1. The molecule has 1 aromatic carbocycles. The van der Waals surface area contributed by atoms with Gasteiger partial charge in [-0.25, -0.2) is 8.78 Å². The van der Waals surface area contributed by atoms with Crippen LogP contribution in [0, 0.1) is 5.92 Å². The molecule has 1 N–H and O–H groups in total. The largest absolute Gasteiger partial charge is 0.460 e. The second kappa shape index (κ2) is 7.15. The number of carbonyl (C=O) groups is 1. The van der Waals surface area contributed by atoms with Crippen LogP contribution in [0.2, 0.25) is 0 Å². The predicted molar refractivity (Wildman–Crippen MR) is 77.4 cm³/mol. The molecule has 1 saturated heterocycles. The van der Waals surface area contributed by atoms with Gasteiger partial charge in [0.15, 0.2) is 0 Å². The van der Waals surface area contributed by atoms with Crippen molar-refractivity contribution in [2.75, 3.05) is 19.7 Å². The van der Waals surface area contributed by atoms with E-state index in [-0.39, 0.29) is 32.1 Å². The molecule has 0 unspecified atom stereocenters. The average molecular weight is 313 g/mol. The molecule has 1 heterocycles. The first kappa shape index (κ1) is 16.8. The van der Waals surface area contributed by atoms with Crippen LogP contribution >= 0.6 is 0 Å². The predicted octanol–water partition coefficient (Wildman–Crippen LogP) is 2.07. The Morgan fingerprint density at radius 2 is 2.09 bits per heavy atom. The fraction of sp³-hybridized carbons (Fsp3) is 0.562. The van der Waals surface area contributed by atoms with Crippen LogP contribution in [0.25, 0.3) is 0 Å². The van der Waals surface area contributed by atoms with E-state index in [4.69, 9.17) is 4.74 Å². The van der Waals surface area contributed by atoms with Gasteiger partial charge in [0, 0.05) is 12.5 Å². The molecule has 0 amide bonds. The van der Waals surface area contributed by atoms with Crippen LogP contribution in [0.3, 0.4) is 0 Å². The molecule has 1 aromatic rings. The van der Waals surface area contributed by atoms with E-state index >= 15 is 0 Å². The molecule has 0 saturated carbocycles. The Hall–Kier alpha value is -1.53. The van der Waals surface area contributed by atoms with Crippen molar-refractivity contribution in [3.8, 4) is 0 Å². The van der Waals surface area contributed by atoms with Gasteiger partial charge in [-0.1, -0.05) is 37.3 Å². The molecule has 0 radical (unpaired) electrons. The van der Waals surface area contributed by atoms with Gasteiger partial charge >= 0.3 is 5.97 Å². The van der Waals surface area contributed by atoms with Crippen LogP contribution in [-0.4, -0.2) is 47.6 Å². The van der Waals surface area contributed by atoms with E-state index in [2.05, 4.69) is 0 Å². The lowest BCUT2D eigenvalue weighted by atomic mass is 9.89. The van der Waals surface area contributed by atoms with Gasteiger partial charge in [-0.3, -0.25) is 9.69 Å². The number of aliphatic hydroxyl groups is 1. The van der Waals surface area contributed by atoms with E-state index in [0.29, 0.717) is 0 Å². The highest BCUT2D eigenvalue weighted by atomic mass is 19.3. The Kier molecular flexibility index (Phi) is 5.47. The van der Waals surface area contributed by atoms with E-state index in [0.717, 1.165) is 5.56 Å². The van der Waals surface area contributed by atoms with Crippen molar-refractivity contribution >= 4 is 5.97 Å². The van der Waals surface area contributed by atoms with Crippen molar-refractivity contribution in [3.05, 3.63) is 35.9 Å². The van der Waals surface area contributed by atoms with Gasteiger partial charge in [0.1, 0.15) is 6.61 Å². The average Bonchev–Trinajstić information content (AvgIpc) is 2.45. The molecule has 2 rings (SSSR count). The molecular formula is C16H21F2NO3. The zero-order valence-corrected chi connectivity index (χ0v) is 12.5. The number of esters is 1. The van der Waals surface area contributed by atoms with Crippen molar-refractivity contribution < 1.29 is 23.4 Å². The summed E-state index contributed by atoms with van der Waals surface area (Å²) >= 11 is 0. The molecule has 22 heavy (non-hydrogen) atoms. The summed E-state index contributed by atoms with van der Waals surface area (Å²) in [5, 5.41) is 9.38. The number of hydrogen-bond acceptors (Lipinski definition) is 4. The second-order valence-electron chi connectivity index (χ2n) is 5.84. The maximum absolute atomic E-state index is 13.6. The molecule has 0 bridgehead atoms. The number of ether oxygens (including phenoxy) is 1. The van der Waals surface area contributed by atoms with Gasteiger partial charge in [-0.05, 0) is 11.5 Å². The van der Waals surface area contributed by atoms with E-state index in [1.54, 1.807) is 6.92 Å². The van der Waals surface area contributed by atoms with Gasteiger partial charge < -0.3 is 9.84 Å². The number of likely N-dealkylation sites (tertiary alicyclic amines) is 1. The first-order chi connectivity index (χ1) is 10.4. The lowest BCUT2D eigenvalue weighted by Crippen LogP contribution is -2.55. The van der Waals surface area contributed by atoms with Crippen LogP contribution in [-0.2, 0) is 16.1 Å². The highest BCUT2D eigenvalue weighted by Gasteiger charge is 2.44. The van der Waals surface area contributed by atoms with E-state index in [1.165, 1.54) is 4.90 Å². The Morgan fingerprint density at radius 1 is 1.41 bits per heavy atom. The number of rotatable bonds is 5. The van der Waals surface area contributed by atoms with Crippen molar-refractivity contribution in [1.29, 1.82) is 0 Å². The minimum atomic E-state index is -2.84. The lowest BCUT2D eigenvalue weighted by Gasteiger charge is -2.42. The molecule has 1 fully saturated rings.